The number of thiophene rings is 1. The fourth-order valence-electron chi connectivity index (χ4n) is 7.13. The summed E-state index contributed by atoms with van der Waals surface area (Å²) in [6.07, 6.45) is 8.60. The van der Waals surface area contributed by atoms with E-state index in [-0.39, 0.29) is 5.78 Å². The molecule has 1 aliphatic heterocycles. The van der Waals surface area contributed by atoms with Crippen LogP contribution in [-0.4, -0.2) is 15.3 Å². The number of nitrogens with zero attached hydrogens (tertiary/aromatic N) is 2. The highest BCUT2D eigenvalue weighted by atomic mass is 32.1. The highest BCUT2D eigenvalue weighted by Gasteiger charge is 2.29. The summed E-state index contributed by atoms with van der Waals surface area (Å²) < 4.78 is 2.54. The molecule has 4 heteroatoms. The van der Waals surface area contributed by atoms with Crippen molar-refractivity contribution in [2.45, 2.75) is 78.2 Å². The quantitative estimate of drug-likeness (QED) is 0.223. The normalized spacial score (nSPS) is 16.0. The van der Waals surface area contributed by atoms with Gasteiger partial charge in [-0.15, -0.1) is 11.3 Å². The second-order valence-electron chi connectivity index (χ2n) is 11.3. The van der Waals surface area contributed by atoms with E-state index in [9.17, 15) is 4.79 Å². The van der Waals surface area contributed by atoms with Crippen LogP contribution in [0.5, 0.6) is 0 Å². The fraction of sp³-hybridized carbons (Fsp3) is 0.353. The lowest BCUT2D eigenvalue weighted by atomic mass is 9.81. The SMILES string of the molecule is CC(=O)c1ccc2c(C3CCCCC3)c3n(c2c1)CCCc1c-3ccc2nc(-c3cc(C)sc3C)ccc12. The average Bonchev–Trinajstić information content (AvgIpc) is 3.36. The first-order valence-corrected chi connectivity index (χ1v) is 15.0. The van der Waals surface area contributed by atoms with Crippen molar-refractivity contribution in [3.8, 4) is 22.5 Å². The number of pyridine rings is 1. The van der Waals surface area contributed by atoms with Crippen molar-refractivity contribution in [1.82, 2.24) is 9.55 Å². The zero-order valence-electron chi connectivity index (χ0n) is 22.6. The van der Waals surface area contributed by atoms with Crippen molar-refractivity contribution in [2.24, 2.45) is 0 Å². The second-order valence-corrected chi connectivity index (χ2v) is 12.8. The van der Waals surface area contributed by atoms with Gasteiger partial charge in [0.25, 0.3) is 0 Å². The molecule has 0 unspecified atom stereocenters. The summed E-state index contributed by atoms with van der Waals surface area (Å²) in [6, 6.07) is 17.8. The number of aryl methyl sites for hydroxylation is 4. The Kier molecular flexibility index (Phi) is 5.77. The Bertz CT molecular complexity index is 1730. The first kappa shape index (κ1) is 23.8. The number of rotatable bonds is 3. The molecule has 0 spiro atoms. The van der Waals surface area contributed by atoms with Gasteiger partial charge in [-0.05, 0) is 87.8 Å². The highest BCUT2D eigenvalue weighted by molar-refractivity contribution is 7.12. The summed E-state index contributed by atoms with van der Waals surface area (Å²) in [7, 11) is 0. The third-order valence-electron chi connectivity index (χ3n) is 8.89. The molecule has 1 fully saturated rings. The predicted octanol–water partition coefficient (Wildman–Crippen LogP) is 9.40. The molecule has 5 aromatic rings. The highest BCUT2D eigenvalue weighted by Crippen LogP contribution is 2.47. The van der Waals surface area contributed by atoms with E-state index < -0.39 is 0 Å². The van der Waals surface area contributed by atoms with E-state index in [1.54, 1.807) is 6.92 Å². The van der Waals surface area contributed by atoms with Crippen LogP contribution in [0.1, 0.15) is 82.6 Å². The van der Waals surface area contributed by atoms with Crippen LogP contribution in [0.4, 0.5) is 0 Å². The predicted molar refractivity (Wildman–Crippen MR) is 160 cm³/mol. The van der Waals surface area contributed by atoms with Crippen molar-refractivity contribution >= 4 is 38.9 Å². The maximum Gasteiger partial charge on any atom is 0.159 e. The van der Waals surface area contributed by atoms with Crippen molar-refractivity contribution < 1.29 is 4.79 Å². The molecule has 0 amide bonds. The minimum atomic E-state index is 0.139. The molecule has 0 atom stereocenters. The summed E-state index contributed by atoms with van der Waals surface area (Å²) in [5.41, 5.74) is 11.2. The smallest absolute Gasteiger partial charge is 0.159 e. The number of aromatic nitrogens is 2. The van der Waals surface area contributed by atoms with Crippen molar-refractivity contribution in [1.29, 1.82) is 0 Å². The number of carbonyl (C=O) groups is 1. The molecular formula is C34H34N2OS. The molecular weight excluding hydrogens is 484 g/mol. The van der Waals surface area contributed by atoms with E-state index in [1.165, 1.54) is 86.1 Å². The number of Topliss-reactive ketones (excluding diaryl/α,β-unsaturated/α-hetero) is 1. The van der Waals surface area contributed by atoms with Gasteiger partial charge in [0.1, 0.15) is 0 Å². The lowest BCUT2D eigenvalue weighted by molar-refractivity contribution is 0.101. The number of ketones is 1. The Morgan fingerprint density at radius 3 is 2.50 bits per heavy atom. The van der Waals surface area contributed by atoms with Gasteiger partial charge in [0, 0.05) is 49.3 Å². The van der Waals surface area contributed by atoms with Gasteiger partial charge in [0.05, 0.1) is 16.9 Å². The van der Waals surface area contributed by atoms with Crippen LogP contribution in [0.3, 0.4) is 0 Å². The number of benzene rings is 2. The Labute approximate surface area is 228 Å². The summed E-state index contributed by atoms with van der Waals surface area (Å²) in [5.74, 6) is 0.720. The van der Waals surface area contributed by atoms with Gasteiger partial charge in [-0.1, -0.05) is 43.5 Å². The van der Waals surface area contributed by atoms with E-state index in [2.05, 4.69) is 60.9 Å². The van der Waals surface area contributed by atoms with Crippen molar-refractivity contribution in [3.05, 3.63) is 75.0 Å². The molecule has 1 saturated carbocycles. The fourth-order valence-corrected chi connectivity index (χ4v) is 8.06. The molecule has 0 N–H and O–H groups in total. The van der Waals surface area contributed by atoms with Gasteiger partial charge in [0.15, 0.2) is 5.78 Å². The summed E-state index contributed by atoms with van der Waals surface area (Å²) in [6.45, 7) is 7.02. The molecule has 7 rings (SSSR count). The summed E-state index contributed by atoms with van der Waals surface area (Å²) >= 11 is 1.84. The van der Waals surface area contributed by atoms with Crippen LogP contribution < -0.4 is 0 Å². The van der Waals surface area contributed by atoms with Gasteiger partial charge in [-0.2, -0.15) is 0 Å². The molecule has 2 aliphatic rings. The maximum absolute atomic E-state index is 12.3. The van der Waals surface area contributed by atoms with E-state index in [0.29, 0.717) is 5.92 Å². The van der Waals surface area contributed by atoms with Gasteiger partial charge < -0.3 is 4.57 Å². The molecule has 0 radical (unpaired) electrons. The van der Waals surface area contributed by atoms with Gasteiger partial charge >= 0.3 is 0 Å². The average molecular weight is 519 g/mol. The molecule has 4 heterocycles. The molecule has 192 valence electrons. The number of carbonyl (C=O) groups excluding carboxylic acids is 1. The van der Waals surface area contributed by atoms with Crippen LogP contribution in [0.15, 0.2) is 48.5 Å². The zero-order valence-corrected chi connectivity index (χ0v) is 23.4. The standard InChI is InChI=1S/C34H34N2OS/c1-20-18-29(22(3)38-20)31-15-13-26-25-10-7-17-36-32-19-24(21(2)37)11-12-28(32)33(23-8-5-4-6-9-23)34(36)27(25)14-16-30(26)35-31/h11-16,18-19,23H,4-10,17H2,1-3H3. The van der Waals surface area contributed by atoms with Crippen LogP contribution in [0.25, 0.3) is 44.3 Å². The van der Waals surface area contributed by atoms with Crippen LogP contribution in [0, 0.1) is 13.8 Å². The molecule has 1 aliphatic carbocycles. The largest absolute Gasteiger partial charge is 0.340 e. The number of fused-ring (bicyclic) bond motifs is 7. The molecule has 0 bridgehead atoms. The minimum absolute atomic E-state index is 0.139. The third-order valence-corrected chi connectivity index (χ3v) is 9.85. The lowest BCUT2D eigenvalue weighted by Gasteiger charge is -2.24. The second kappa shape index (κ2) is 9.20. The van der Waals surface area contributed by atoms with Crippen molar-refractivity contribution in [2.75, 3.05) is 0 Å². The molecule has 0 saturated heterocycles. The van der Waals surface area contributed by atoms with E-state index in [1.807, 2.05) is 17.4 Å². The maximum atomic E-state index is 12.3. The summed E-state index contributed by atoms with van der Waals surface area (Å²) in [5, 5.41) is 2.63. The Balaban J connectivity index is 1.47. The monoisotopic (exact) mass is 518 g/mol. The Morgan fingerprint density at radius 1 is 0.921 bits per heavy atom. The minimum Gasteiger partial charge on any atom is -0.340 e. The van der Waals surface area contributed by atoms with E-state index in [4.69, 9.17) is 4.98 Å². The summed E-state index contributed by atoms with van der Waals surface area (Å²) in [4.78, 5) is 20.1. The number of hydrogen-bond acceptors (Lipinski definition) is 3. The van der Waals surface area contributed by atoms with Crippen LogP contribution in [0.2, 0.25) is 0 Å². The number of hydrogen-bond donors (Lipinski definition) is 0. The van der Waals surface area contributed by atoms with E-state index in [0.717, 1.165) is 36.2 Å². The van der Waals surface area contributed by atoms with Crippen molar-refractivity contribution in [3.63, 3.8) is 0 Å². The van der Waals surface area contributed by atoms with Crippen LogP contribution >= 0.6 is 11.3 Å². The third kappa shape index (κ3) is 3.76. The Morgan fingerprint density at radius 2 is 1.74 bits per heavy atom. The van der Waals surface area contributed by atoms with E-state index >= 15 is 0 Å². The van der Waals surface area contributed by atoms with Gasteiger partial charge in [0.2, 0.25) is 0 Å². The van der Waals surface area contributed by atoms with Gasteiger partial charge in [-0.25, -0.2) is 4.98 Å². The molecule has 38 heavy (non-hydrogen) atoms. The molecule has 3 nitrogen and oxygen atoms in total. The van der Waals surface area contributed by atoms with Crippen LogP contribution in [-0.2, 0) is 13.0 Å². The molecule has 3 aromatic heterocycles. The zero-order chi connectivity index (χ0) is 26.0. The first-order chi connectivity index (χ1) is 18.5. The lowest BCUT2D eigenvalue weighted by Crippen LogP contribution is -2.07. The van der Waals surface area contributed by atoms with Gasteiger partial charge in [-0.3, -0.25) is 4.79 Å². The Hall–Kier alpha value is -3.24. The topological polar surface area (TPSA) is 34.9 Å². The molecule has 2 aromatic carbocycles. The first-order valence-electron chi connectivity index (χ1n) is 14.2.